The highest BCUT2D eigenvalue weighted by atomic mass is 35.5. The minimum atomic E-state index is -0.484. The highest BCUT2D eigenvalue weighted by Gasteiger charge is 2.32. The molecule has 0 N–H and O–H groups in total. The molecular formula is C37H61ClN4O2. The zero-order chi connectivity index (χ0) is 33.3. The average molecular weight is 629 g/mol. The van der Waals surface area contributed by atoms with Gasteiger partial charge in [0, 0.05) is 36.3 Å². The number of hydrogen-bond donors (Lipinski definition) is 0. The van der Waals surface area contributed by atoms with Crippen LogP contribution in [-0.4, -0.2) is 52.2 Å². The number of halogens is 1. The monoisotopic (exact) mass is 628 g/mol. The Labute approximate surface area is 274 Å². The van der Waals surface area contributed by atoms with Crippen molar-refractivity contribution in [3.8, 4) is 0 Å². The highest BCUT2D eigenvalue weighted by Crippen LogP contribution is 2.34. The normalized spacial score (nSPS) is 15.9. The van der Waals surface area contributed by atoms with Gasteiger partial charge in [-0.1, -0.05) is 96.5 Å². The van der Waals surface area contributed by atoms with Crippen LogP contribution in [0.1, 0.15) is 125 Å². The van der Waals surface area contributed by atoms with Gasteiger partial charge in [0.1, 0.15) is 17.7 Å². The first-order valence-electron chi connectivity index (χ1n) is 16.8. The molecule has 1 saturated heterocycles. The van der Waals surface area contributed by atoms with Crippen LogP contribution in [-0.2, 0) is 11.2 Å². The molecule has 248 valence electrons. The molecule has 2 unspecified atom stereocenters. The van der Waals surface area contributed by atoms with Crippen LogP contribution in [0, 0.1) is 12.8 Å². The number of aryl methyl sites for hydroxylation is 2. The molecule has 0 aliphatic carbocycles. The van der Waals surface area contributed by atoms with E-state index in [9.17, 15) is 4.79 Å². The molecule has 2 heterocycles. The third-order valence-corrected chi connectivity index (χ3v) is 7.93. The van der Waals surface area contributed by atoms with E-state index in [1.54, 1.807) is 6.33 Å². The van der Waals surface area contributed by atoms with Crippen LogP contribution in [0.25, 0.3) is 5.57 Å². The van der Waals surface area contributed by atoms with E-state index in [4.69, 9.17) is 16.3 Å². The molecule has 0 radical (unpaired) electrons. The van der Waals surface area contributed by atoms with Crippen molar-refractivity contribution in [3.63, 3.8) is 0 Å². The largest absolute Gasteiger partial charge is 0.444 e. The fraction of sp³-hybridized carbons (Fsp3) is 0.649. The molecule has 0 spiro atoms. The molecule has 6 nitrogen and oxygen atoms in total. The smallest absolute Gasteiger partial charge is 0.410 e. The van der Waals surface area contributed by atoms with Crippen molar-refractivity contribution in [1.82, 2.24) is 14.9 Å². The summed E-state index contributed by atoms with van der Waals surface area (Å²) in [5.41, 5.74) is 4.27. The standard InChI is InChI=1S/C22H36N4O2.C9H11Cl.C6H14/c1-9-15(3)18(10-2)19-17(5)23-14-24-20(19)25-11-12-26(16(4)13-25)21(27)28-22(6,7)8;1-2-4-8-5-3-6-9(10)7-8;1-3-5-6-4-2/h10,14-16H,9,11-13H2,1-8H3;3,5-7H,2,4H2,1H3;3-6H2,1-2H3/b18-10-;;. The molecule has 7 heteroatoms. The van der Waals surface area contributed by atoms with E-state index < -0.39 is 5.60 Å². The molecule has 1 fully saturated rings. The summed E-state index contributed by atoms with van der Waals surface area (Å²) in [6, 6.07) is 8.07. The molecule has 44 heavy (non-hydrogen) atoms. The van der Waals surface area contributed by atoms with Crippen LogP contribution in [0.2, 0.25) is 5.02 Å². The Balaban J connectivity index is 0.000000492. The summed E-state index contributed by atoms with van der Waals surface area (Å²) >= 11 is 5.78. The molecule has 1 amide bonds. The van der Waals surface area contributed by atoms with Crippen LogP contribution in [0.5, 0.6) is 0 Å². The van der Waals surface area contributed by atoms with E-state index in [1.807, 2.05) is 50.8 Å². The molecule has 1 aromatic carbocycles. The van der Waals surface area contributed by atoms with Crippen molar-refractivity contribution in [1.29, 1.82) is 0 Å². The average Bonchev–Trinajstić information content (AvgIpc) is 2.97. The van der Waals surface area contributed by atoms with Crippen molar-refractivity contribution < 1.29 is 9.53 Å². The summed E-state index contributed by atoms with van der Waals surface area (Å²) in [6.45, 7) is 25.0. The predicted molar refractivity (Wildman–Crippen MR) is 190 cm³/mol. The van der Waals surface area contributed by atoms with Gasteiger partial charge in [-0.3, -0.25) is 0 Å². The molecule has 2 aromatic rings. The van der Waals surface area contributed by atoms with Crippen molar-refractivity contribution in [2.24, 2.45) is 5.92 Å². The number of aromatic nitrogens is 2. The number of amides is 1. The third-order valence-electron chi connectivity index (χ3n) is 7.70. The Morgan fingerprint density at radius 3 is 2.25 bits per heavy atom. The number of hydrogen-bond acceptors (Lipinski definition) is 5. The van der Waals surface area contributed by atoms with E-state index in [0.29, 0.717) is 12.5 Å². The zero-order valence-corrected chi connectivity index (χ0v) is 30.4. The first-order valence-corrected chi connectivity index (χ1v) is 17.2. The summed E-state index contributed by atoms with van der Waals surface area (Å²) in [4.78, 5) is 25.7. The lowest BCUT2D eigenvalue weighted by Gasteiger charge is -2.41. The fourth-order valence-corrected chi connectivity index (χ4v) is 5.37. The van der Waals surface area contributed by atoms with Crippen LogP contribution in [0.3, 0.4) is 0 Å². The number of unbranched alkanes of at least 4 members (excludes halogenated alkanes) is 3. The highest BCUT2D eigenvalue weighted by molar-refractivity contribution is 6.30. The predicted octanol–water partition coefficient (Wildman–Crippen LogP) is 10.6. The van der Waals surface area contributed by atoms with Crippen LogP contribution < -0.4 is 4.90 Å². The van der Waals surface area contributed by atoms with Gasteiger partial charge in [-0.25, -0.2) is 14.8 Å². The van der Waals surface area contributed by atoms with Crippen molar-refractivity contribution >= 4 is 29.1 Å². The topological polar surface area (TPSA) is 58.6 Å². The molecule has 0 bridgehead atoms. The molecular weight excluding hydrogens is 568 g/mol. The number of anilines is 1. The number of piperazine rings is 1. The fourth-order valence-electron chi connectivity index (χ4n) is 5.16. The van der Waals surface area contributed by atoms with Crippen LogP contribution in [0.4, 0.5) is 10.6 Å². The molecule has 0 saturated carbocycles. The van der Waals surface area contributed by atoms with Crippen molar-refractivity contribution in [3.05, 3.63) is 58.5 Å². The summed E-state index contributed by atoms with van der Waals surface area (Å²) in [5.74, 6) is 1.41. The van der Waals surface area contributed by atoms with E-state index in [1.165, 1.54) is 43.2 Å². The Kier molecular flexibility index (Phi) is 18.3. The summed E-state index contributed by atoms with van der Waals surface area (Å²) in [7, 11) is 0. The Hall–Kier alpha value is -2.60. The second kappa shape index (κ2) is 20.4. The first kappa shape index (κ1) is 39.4. The number of allylic oxidation sites excluding steroid dienone is 2. The lowest BCUT2D eigenvalue weighted by atomic mass is 9.90. The maximum atomic E-state index is 12.5. The summed E-state index contributed by atoms with van der Waals surface area (Å²) < 4.78 is 5.57. The minimum absolute atomic E-state index is 0.0457. The van der Waals surface area contributed by atoms with Crippen molar-refractivity contribution in [2.45, 2.75) is 133 Å². The van der Waals surface area contributed by atoms with Crippen LogP contribution >= 0.6 is 11.6 Å². The van der Waals surface area contributed by atoms with Gasteiger partial charge in [-0.15, -0.1) is 0 Å². The molecule has 1 aliphatic rings. The van der Waals surface area contributed by atoms with E-state index in [0.717, 1.165) is 48.0 Å². The van der Waals surface area contributed by atoms with Gasteiger partial charge in [0.15, 0.2) is 0 Å². The van der Waals surface area contributed by atoms with Gasteiger partial charge in [0.25, 0.3) is 0 Å². The lowest BCUT2D eigenvalue weighted by molar-refractivity contribution is 0.0158. The number of benzene rings is 1. The number of ether oxygens (including phenoxy) is 1. The van der Waals surface area contributed by atoms with E-state index >= 15 is 0 Å². The Morgan fingerprint density at radius 2 is 1.75 bits per heavy atom. The lowest BCUT2D eigenvalue weighted by Crippen LogP contribution is -2.55. The van der Waals surface area contributed by atoms with Gasteiger partial charge in [-0.05, 0) is 83.6 Å². The Bertz CT molecular complexity index is 1140. The second-order valence-corrected chi connectivity index (χ2v) is 13.2. The third kappa shape index (κ3) is 13.6. The summed E-state index contributed by atoms with van der Waals surface area (Å²) in [6.07, 6.45) is 12.5. The van der Waals surface area contributed by atoms with E-state index in [-0.39, 0.29) is 12.1 Å². The maximum absolute atomic E-state index is 12.5. The van der Waals surface area contributed by atoms with Gasteiger partial charge < -0.3 is 14.5 Å². The number of carbonyl (C=O) groups is 1. The van der Waals surface area contributed by atoms with E-state index in [2.05, 4.69) is 75.5 Å². The molecule has 2 atom stereocenters. The first-order chi connectivity index (χ1) is 20.8. The van der Waals surface area contributed by atoms with Gasteiger partial charge in [0.05, 0.1) is 5.69 Å². The van der Waals surface area contributed by atoms with Crippen molar-refractivity contribution in [2.75, 3.05) is 24.5 Å². The number of carbonyl (C=O) groups excluding carboxylic acids is 1. The maximum Gasteiger partial charge on any atom is 0.410 e. The quantitative estimate of drug-likeness (QED) is 0.259. The number of rotatable bonds is 9. The van der Waals surface area contributed by atoms with Gasteiger partial charge >= 0.3 is 6.09 Å². The van der Waals surface area contributed by atoms with Gasteiger partial charge in [-0.2, -0.15) is 0 Å². The zero-order valence-electron chi connectivity index (χ0n) is 29.7. The van der Waals surface area contributed by atoms with Crippen LogP contribution in [0.15, 0.2) is 36.7 Å². The SMILES string of the molecule is C/C=C(\c1c(C)ncnc1N1CCN(C(=O)OC(C)(C)C)C(C)C1)C(C)CC.CCCCCC.CCCc1cccc(Cl)c1. The molecule has 1 aromatic heterocycles. The number of nitrogens with zero attached hydrogens (tertiary/aromatic N) is 4. The molecule has 3 rings (SSSR count). The van der Waals surface area contributed by atoms with Gasteiger partial charge in [0.2, 0.25) is 0 Å². The Morgan fingerprint density at radius 1 is 1.09 bits per heavy atom. The minimum Gasteiger partial charge on any atom is -0.444 e. The summed E-state index contributed by atoms with van der Waals surface area (Å²) in [5, 5.41) is 0.839. The molecule has 1 aliphatic heterocycles. The second-order valence-electron chi connectivity index (χ2n) is 12.8.